The molecule has 1 aliphatic rings. The molecule has 0 aliphatic carbocycles. The molecule has 0 radical (unpaired) electrons. The highest BCUT2D eigenvalue weighted by Crippen LogP contribution is 2.22. The van der Waals surface area contributed by atoms with Gasteiger partial charge in [-0.25, -0.2) is 0 Å². The van der Waals surface area contributed by atoms with Gasteiger partial charge in [-0.3, -0.25) is 4.79 Å². The SMILES string of the molecule is CC/C=C\C/C=C\C/C=C\C/C=C\C/C=C\C/C=C\C/C=C\CCCCCCCCCC(=O)NC(COC1OC(CO)C(O)C(O)C1O)C(O)/C=C/CC/C=C/CCCCCC. The van der Waals surface area contributed by atoms with Crippen molar-refractivity contribution in [3.63, 3.8) is 0 Å². The molecule has 6 N–H and O–H groups in total. The van der Waals surface area contributed by atoms with E-state index in [9.17, 15) is 30.3 Å². The monoisotopic (exact) mass is 866 g/mol. The van der Waals surface area contributed by atoms with E-state index in [4.69, 9.17) is 9.47 Å². The molecular weight excluding hydrogens is 779 g/mol. The zero-order valence-corrected chi connectivity index (χ0v) is 38.6. The van der Waals surface area contributed by atoms with Crippen LogP contribution in [-0.2, 0) is 14.3 Å². The van der Waals surface area contributed by atoms with Crippen LogP contribution >= 0.6 is 0 Å². The summed E-state index contributed by atoms with van der Waals surface area (Å²) in [7, 11) is 0. The van der Waals surface area contributed by atoms with Gasteiger partial charge in [-0.15, -0.1) is 0 Å². The van der Waals surface area contributed by atoms with E-state index in [-0.39, 0.29) is 12.5 Å². The van der Waals surface area contributed by atoms with Crippen LogP contribution in [0.25, 0.3) is 0 Å². The lowest BCUT2D eigenvalue weighted by molar-refractivity contribution is -0.302. The lowest BCUT2D eigenvalue weighted by Gasteiger charge is -2.40. The Balaban J connectivity index is 2.26. The lowest BCUT2D eigenvalue weighted by Crippen LogP contribution is -2.60. The molecule has 1 heterocycles. The third-order valence-electron chi connectivity index (χ3n) is 10.6. The first-order chi connectivity index (χ1) is 30.3. The van der Waals surface area contributed by atoms with Gasteiger partial charge < -0.3 is 40.3 Å². The van der Waals surface area contributed by atoms with E-state index in [1.807, 2.05) is 6.08 Å². The van der Waals surface area contributed by atoms with E-state index in [1.165, 1.54) is 44.9 Å². The number of allylic oxidation sites excluding steroid dienone is 17. The molecule has 9 nitrogen and oxygen atoms in total. The van der Waals surface area contributed by atoms with Crippen molar-refractivity contribution in [1.29, 1.82) is 0 Å². The van der Waals surface area contributed by atoms with E-state index in [1.54, 1.807) is 6.08 Å². The summed E-state index contributed by atoms with van der Waals surface area (Å²) < 4.78 is 11.2. The van der Waals surface area contributed by atoms with Crippen molar-refractivity contribution in [2.24, 2.45) is 0 Å². The molecule has 1 rings (SSSR count). The standard InChI is InChI=1S/C53H87NO8/c1-3-5-7-9-11-13-15-16-17-18-19-20-21-22-23-24-25-26-27-28-29-30-31-32-33-35-37-39-41-43-49(57)54-46(45-61-53-52(60)51(59)50(58)48(44-55)62-53)47(56)42-40-38-36-34-14-12-10-8-6-4-2/h5,7,11,13-14,16-17,19-20,22-23,25-26,28-29,34,40,42,46-48,50-53,55-56,58-60H,3-4,6,8-10,12,15,18,21,24,27,30-33,35-39,41,43-45H2,1-2H3,(H,54,57)/b7-5-,13-11-,17-16-,20-19-,23-22-,26-25-,29-28-,34-14+,42-40+. The Morgan fingerprint density at radius 1 is 0.565 bits per heavy atom. The Kier molecular flexibility index (Phi) is 38.4. The molecule has 62 heavy (non-hydrogen) atoms. The first kappa shape index (κ1) is 56.9. The van der Waals surface area contributed by atoms with Crippen molar-refractivity contribution in [2.75, 3.05) is 13.2 Å². The number of unbranched alkanes of at least 4 members (excludes halogenated alkanes) is 12. The number of nitrogens with one attached hydrogen (secondary N) is 1. The molecule has 7 unspecified atom stereocenters. The molecule has 1 aliphatic heterocycles. The quantitative estimate of drug-likeness (QED) is 0.0265. The lowest BCUT2D eigenvalue weighted by atomic mass is 9.99. The van der Waals surface area contributed by atoms with Crippen LogP contribution in [0.1, 0.15) is 162 Å². The van der Waals surface area contributed by atoms with Gasteiger partial charge >= 0.3 is 0 Å². The van der Waals surface area contributed by atoms with Crippen LogP contribution in [0, 0.1) is 0 Å². The summed E-state index contributed by atoms with van der Waals surface area (Å²) in [6.45, 7) is 3.57. The van der Waals surface area contributed by atoms with E-state index < -0.39 is 49.5 Å². The molecule has 0 bridgehead atoms. The van der Waals surface area contributed by atoms with E-state index >= 15 is 0 Å². The zero-order valence-electron chi connectivity index (χ0n) is 38.6. The molecule has 0 saturated carbocycles. The third-order valence-corrected chi connectivity index (χ3v) is 10.6. The fourth-order valence-corrected chi connectivity index (χ4v) is 6.74. The van der Waals surface area contributed by atoms with Crippen LogP contribution in [-0.4, -0.2) is 87.5 Å². The Morgan fingerprint density at radius 3 is 1.55 bits per heavy atom. The van der Waals surface area contributed by atoms with Gasteiger partial charge in [-0.2, -0.15) is 0 Å². The van der Waals surface area contributed by atoms with Gasteiger partial charge in [0, 0.05) is 6.42 Å². The molecule has 0 aromatic carbocycles. The fraction of sp³-hybridized carbons (Fsp3) is 0.642. The van der Waals surface area contributed by atoms with Crippen molar-refractivity contribution in [2.45, 2.75) is 204 Å². The fourth-order valence-electron chi connectivity index (χ4n) is 6.74. The summed E-state index contributed by atoms with van der Waals surface area (Å²) in [4.78, 5) is 12.9. The second kappa shape index (κ2) is 41.8. The molecule has 9 heteroatoms. The second-order valence-electron chi connectivity index (χ2n) is 16.2. The van der Waals surface area contributed by atoms with Crippen molar-refractivity contribution in [3.8, 4) is 0 Å². The number of carbonyl (C=O) groups is 1. The largest absolute Gasteiger partial charge is 0.394 e. The highest BCUT2D eigenvalue weighted by atomic mass is 16.7. The number of aliphatic hydroxyl groups is 5. The van der Waals surface area contributed by atoms with Crippen LogP contribution in [0.4, 0.5) is 0 Å². The van der Waals surface area contributed by atoms with Gasteiger partial charge in [-0.1, -0.05) is 175 Å². The number of hydrogen-bond acceptors (Lipinski definition) is 8. The number of amides is 1. The molecular formula is C53H87NO8. The summed E-state index contributed by atoms with van der Waals surface area (Å²) in [6.07, 6.45) is 54.3. The molecule has 352 valence electrons. The number of hydrogen-bond donors (Lipinski definition) is 6. The molecule has 1 saturated heterocycles. The maximum absolute atomic E-state index is 12.9. The van der Waals surface area contributed by atoms with Crippen molar-refractivity contribution >= 4 is 5.91 Å². The van der Waals surface area contributed by atoms with Gasteiger partial charge in [0.15, 0.2) is 6.29 Å². The van der Waals surface area contributed by atoms with Gasteiger partial charge in [0.05, 0.1) is 25.4 Å². The summed E-state index contributed by atoms with van der Waals surface area (Å²) in [5.74, 6) is -0.207. The minimum atomic E-state index is -1.58. The summed E-state index contributed by atoms with van der Waals surface area (Å²) in [5, 5.41) is 54.1. The van der Waals surface area contributed by atoms with Crippen molar-refractivity contribution in [1.82, 2.24) is 5.32 Å². The zero-order chi connectivity index (χ0) is 45.1. The number of ether oxygens (including phenoxy) is 2. The topological polar surface area (TPSA) is 149 Å². The van der Waals surface area contributed by atoms with Crippen LogP contribution in [0.5, 0.6) is 0 Å². The number of rotatable bonds is 38. The third kappa shape index (κ3) is 31.7. The highest BCUT2D eigenvalue weighted by molar-refractivity contribution is 5.76. The molecule has 0 aromatic rings. The predicted octanol–water partition coefficient (Wildman–Crippen LogP) is 10.7. The number of aliphatic hydroxyl groups excluding tert-OH is 5. The summed E-state index contributed by atoms with van der Waals surface area (Å²) in [5.41, 5.74) is 0. The predicted molar refractivity (Wildman–Crippen MR) is 257 cm³/mol. The van der Waals surface area contributed by atoms with Crippen LogP contribution in [0.15, 0.2) is 109 Å². The first-order valence-electron chi connectivity index (χ1n) is 24.1. The average Bonchev–Trinajstić information content (AvgIpc) is 3.27. The Morgan fingerprint density at radius 2 is 1.02 bits per heavy atom. The Labute approximate surface area is 376 Å². The van der Waals surface area contributed by atoms with Gasteiger partial charge in [0.1, 0.15) is 24.4 Å². The first-order valence-corrected chi connectivity index (χ1v) is 24.1. The average molecular weight is 866 g/mol. The molecule has 1 amide bonds. The van der Waals surface area contributed by atoms with Crippen molar-refractivity contribution in [3.05, 3.63) is 109 Å². The van der Waals surface area contributed by atoms with E-state index in [0.717, 1.165) is 96.3 Å². The maximum atomic E-state index is 12.9. The summed E-state index contributed by atoms with van der Waals surface area (Å²) in [6, 6.07) is -0.833. The van der Waals surface area contributed by atoms with E-state index in [2.05, 4.69) is 116 Å². The van der Waals surface area contributed by atoms with Crippen LogP contribution < -0.4 is 5.32 Å². The molecule has 0 spiro atoms. The minimum absolute atomic E-state index is 0.207. The minimum Gasteiger partial charge on any atom is -0.394 e. The van der Waals surface area contributed by atoms with Crippen LogP contribution in [0.2, 0.25) is 0 Å². The van der Waals surface area contributed by atoms with Gasteiger partial charge in [0.2, 0.25) is 5.91 Å². The smallest absolute Gasteiger partial charge is 0.220 e. The molecule has 0 aromatic heterocycles. The normalized spacial score (nSPS) is 21.3. The van der Waals surface area contributed by atoms with Crippen molar-refractivity contribution < 1.29 is 39.8 Å². The second-order valence-corrected chi connectivity index (χ2v) is 16.2. The highest BCUT2D eigenvalue weighted by Gasteiger charge is 2.44. The maximum Gasteiger partial charge on any atom is 0.220 e. The summed E-state index contributed by atoms with van der Waals surface area (Å²) >= 11 is 0. The number of carbonyl (C=O) groups excluding carboxylic acids is 1. The molecule has 7 atom stereocenters. The Bertz CT molecular complexity index is 1330. The van der Waals surface area contributed by atoms with Gasteiger partial charge in [0.25, 0.3) is 0 Å². The molecule has 1 fully saturated rings. The van der Waals surface area contributed by atoms with Gasteiger partial charge in [-0.05, 0) is 89.9 Å². The Hall–Kier alpha value is -3.15. The van der Waals surface area contributed by atoms with Crippen LogP contribution in [0.3, 0.4) is 0 Å². The van der Waals surface area contributed by atoms with E-state index in [0.29, 0.717) is 6.42 Å².